The monoisotopic (exact) mass is 383 g/mol. The van der Waals surface area contributed by atoms with Gasteiger partial charge in [0, 0.05) is 23.6 Å². The van der Waals surface area contributed by atoms with Gasteiger partial charge in [0.05, 0.1) is 18.7 Å². The fourth-order valence-corrected chi connectivity index (χ4v) is 3.37. The molecule has 0 aliphatic carbocycles. The van der Waals surface area contributed by atoms with Gasteiger partial charge in [-0.2, -0.15) is 4.98 Å². The van der Waals surface area contributed by atoms with Crippen molar-refractivity contribution in [2.45, 2.75) is 19.3 Å². The van der Waals surface area contributed by atoms with Gasteiger partial charge in [0.1, 0.15) is 5.75 Å². The molecule has 1 fully saturated rings. The molecule has 0 bridgehead atoms. The molecule has 1 amide bonds. The van der Waals surface area contributed by atoms with Gasteiger partial charge < -0.3 is 14.2 Å². The van der Waals surface area contributed by atoms with Crippen molar-refractivity contribution in [2.75, 3.05) is 18.6 Å². The highest BCUT2D eigenvalue weighted by atomic mass is 35.5. The number of hydrogen-bond donors (Lipinski definition) is 0. The lowest BCUT2D eigenvalue weighted by Gasteiger charge is -2.19. The Morgan fingerprint density at radius 2 is 2.00 bits per heavy atom. The Hall–Kier alpha value is -2.86. The lowest BCUT2D eigenvalue weighted by molar-refractivity contribution is -0.117. The van der Waals surface area contributed by atoms with Crippen LogP contribution in [0.4, 0.5) is 5.69 Å². The maximum absolute atomic E-state index is 12.6. The summed E-state index contributed by atoms with van der Waals surface area (Å²) in [6.07, 6.45) is 0.297. The van der Waals surface area contributed by atoms with E-state index in [1.54, 1.807) is 30.2 Å². The van der Waals surface area contributed by atoms with Gasteiger partial charge in [-0.1, -0.05) is 46.6 Å². The zero-order chi connectivity index (χ0) is 19.0. The number of rotatable bonds is 4. The third-order valence-corrected chi connectivity index (χ3v) is 4.89. The Kier molecular flexibility index (Phi) is 4.58. The minimum absolute atomic E-state index is 0.0318. The summed E-state index contributed by atoms with van der Waals surface area (Å²) in [4.78, 5) is 18.7. The van der Waals surface area contributed by atoms with Gasteiger partial charge in [0.2, 0.25) is 17.6 Å². The molecule has 1 aliphatic rings. The Bertz CT molecular complexity index is 984. The smallest absolute Gasteiger partial charge is 0.232 e. The van der Waals surface area contributed by atoms with E-state index in [0.29, 0.717) is 41.1 Å². The van der Waals surface area contributed by atoms with Gasteiger partial charge in [-0.05, 0) is 25.1 Å². The lowest BCUT2D eigenvalue weighted by atomic mass is 10.1. The molecule has 1 unspecified atom stereocenters. The van der Waals surface area contributed by atoms with Crippen LogP contribution in [0.15, 0.2) is 47.0 Å². The van der Waals surface area contributed by atoms with Crippen molar-refractivity contribution in [1.29, 1.82) is 0 Å². The van der Waals surface area contributed by atoms with Crippen LogP contribution in [0.1, 0.15) is 23.8 Å². The third-order valence-electron chi connectivity index (χ3n) is 4.66. The standard InChI is InChI=1S/C20H18ClN3O3/c1-12-3-5-13(6-4-12)19-22-20(27-23-19)14-9-18(25)24(11-14)16-10-15(21)7-8-17(16)26-2/h3-8,10,14H,9,11H2,1-2H3. The summed E-state index contributed by atoms with van der Waals surface area (Å²) in [5.41, 5.74) is 2.69. The van der Waals surface area contributed by atoms with Gasteiger partial charge in [-0.3, -0.25) is 4.79 Å². The summed E-state index contributed by atoms with van der Waals surface area (Å²) in [6.45, 7) is 2.46. The molecule has 1 aliphatic heterocycles. The molecule has 3 aromatic rings. The highest BCUT2D eigenvalue weighted by Gasteiger charge is 2.36. The summed E-state index contributed by atoms with van der Waals surface area (Å²) in [6, 6.07) is 13.1. The average molecular weight is 384 g/mol. The van der Waals surface area contributed by atoms with E-state index < -0.39 is 0 Å². The normalized spacial score (nSPS) is 16.8. The van der Waals surface area contributed by atoms with Crippen molar-refractivity contribution in [1.82, 2.24) is 10.1 Å². The van der Waals surface area contributed by atoms with Crippen molar-refractivity contribution >= 4 is 23.2 Å². The molecule has 0 N–H and O–H groups in total. The van der Waals surface area contributed by atoms with Crippen molar-refractivity contribution in [3.63, 3.8) is 0 Å². The van der Waals surface area contributed by atoms with Crippen LogP contribution < -0.4 is 9.64 Å². The molecular weight excluding hydrogens is 366 g/mol. The zero-order valence-electron chi connectivity index (χ0n) is 15.0. The molecule has 2 aromatic carbocycles. The average Bonchev–Trinajstić information content (AvgIpc) is 3.29. The highest BCUT2D eigenvalue weighted by molar-refractivity contribution is 6.31. The van der Waals surface area contributed by atoms with Crippen LogP contribution in [-0.2, 0) is 4.79 Å². The van der Waals surface area contributed by atoms with E-state index in [1.165, 1.54) is 0 Å². The van der Waals surface area contributed by atoms with E-state index in [4.69, 9.17) is 20.9 Å². The molecule has 7 heteroatoms. The van der Waals surface area contributed by atoms with Gasteiger partial charge in [0.15, 0.2) is 0 Å². The first-order valence-corrected chi connectivity index (χ1v) is 8.97. The lowest BCUT2D eigenvalue weighted by Crippen LogP contribution is -2.24. The quantitative estimate of drug-likeness (QED) is 0.674. The van der Waals surface area contributed by atoms with Crippen LogP contribution in [0, 0.1) is 6.92 Å². The molecule has 4 rings (SSSR count). The maximum Gasteiger partial charge on any atom is 0.232 e. The maximum atomic E-state index is 12.6. The van der Waals surface area contributed by atoms with E-state index in [1.807, 2.05) is 31.2 Å². The summed E-state index contributed by atoms with van der Waals surface area (Å²) in [5.74, 6) is 1.38. The number of amides is 1. The first-order valence-electron chi connectivity index (χ1n) is 8.59. The molecular formula is C20H18ClN3O3. The van der Waals surface area contributed by atoms with Gasteiger partial charge in [-0.25, -0.2) is 0 Å². The second-order valence-corrected chi connectivity index (χ2v) is 6.98. The number of hydrogen-bond acceptors (Lipinski definition) is 5. The molecule has 2 heterocycles. The number of aryl methyl sites for hydroxylation is 1. The number of nitrogens with zero attached hydrogens (tertiary/aromatic N) is 3. The van der Waals surface area contributed by atoms with Crippen LogP contribution in [0.25, 0.3) is 11.4 Å². The SMILES string of the molecule is COc1ccc(Cl)cc1N1CC(c2nc(-c3ccc(C)cc3)no2)CC1=O. The van der Waals surface area contributed by atoms with E-state index >= 15 is 0 Å². The van der Waals surface area contributed by atoms with Crippen molar-refractivity contribution in [3.8, 4) is 17.1 Å². The molecule has 138 valence electrons. The number of methoxy groups -OCH3 is 1. The van der Waals surface area contributed by atoms with Crippen molar-refractivity contribution in [2.24, 2.45) is 0 Å². The number of aromatic nitrogens is 2. The fourth-order valence-electron chi connectivity index (χ4n) is 3.20. The molecule has 1 saturated heterocycles. The van der Waals surface area contributed by atoms with Crippen LogP contribution in [0.3, 0.4) is 0 Å². The minimum atomic E-state index is -0.173. The number of anilines is 1. The minimum Gasteiger partial charge on any atom is -0.495 e. The van der Waals surface area contributed by atoms with Gasteiger partial charge in [-0.15, -0.1) is 0 Å². The second-order valence-electron chi connectivity index (χ2n) is 6.54. The summed E-state index contributed by atoms with van der Waals surface area (Å²) in [5, 5.41) is 4.61. The largest absolute Gasteiger partial charge is 0.495 e. The van der Waals surface area contributed by atoms with Crippen LogP contribution >= 0.6 is 11.6 Å². The Balaban J connectivity index is 1.58. The first-order chi connectivity index (χ1) is 13.0. The number of halogens is 1. The van der Waals surface area contributed by atoms with E-state index in [-0.39, 0.29) is 11.8 Å². The predicted molar refractivity (Wildman–Crippen MR) is 102 cm³/mol. The number of carbonyl (C=O) groups is 1. The summed E-state index contributed by atoms with van der Waals surface area (Å²) < 4.78 is 10.8. The Morgan fingerprint density at radius 1 is 1.22 bits per heavy atom. The van der Waals surface area contributed by atoms with Gasteiger partial charge in [0.25, 0.3) is 0 Å². The van der Waals surface area contributed by atoms with Gasteiger partial charge >= 0.3 is 0 Å². The van der Waals surface area contributed by atoms with E-state index in [9.17, 15) is 4.79 Å². The number of carbonyl (C=O) groups excluding carboxylic acids is 1. The first kappa shape index (κ1) is 17.5. The predicted octanol–water partition coefficient (Wildman–Crippen LogP) is 4.23. The van der Waals surface area contributed by atoms with Crippen LogP contribution in [-0.4, -0.2) is 29.7 Å². The summed E-state index contributed by atoms with van der Waals surface area (Å²) >= 11 is 6.10. The number of benzene rings is 2. The molecule has 6 nitrogen and oxygen atoms in total. The molecule has 0 saturated carbocycles. The van der Waals surface area contributed by atoms with Crippen LogP contribution in [0.5, 0.6) is 5.75 Å². The zero-order valence-corrected chi connectivity index (χ0v) is 15.7. The summed E-state index contributed by atoms with van der Waals surface area (Å²) in [7, 11) is 1.57. The molecule has 27 heavy (non-hydrogen) atoms. The van der Waals surface area contributed by atoms with Crippen molar-refractivity contribution in [3.05, 3.63) is 58.9 Å². The second kappa shape index (κ2) is 7.04. The Labute approximate surface area is 161 Å². The van der Waals surface area contributed by atoms with E-state index in [0.717, 1.165) is 11.1 Å². The molecule has 1 atom stereocenters. The molecule has 1 aromatic heterocycles. The van der Waals surface area contributed by atoms with E-state index in [2.05, 4.69) is 10.1 Å². The Morgan fingerprint density at radius 3 is 2.74 bits per heavy atom. The number of ether oxygens (including phenoxy) is 1. The molecule has 0 radical (unpaired) electrons. The topological polar surface area (TPSA) is 68.5 Å². The van der Waals surface area contributed by atoms with Crippen LogP contribution in [0.2, 0.25) is 5.02 Å². The fraction of sp³-hybridized carbons (Fsp3) is 0.250. The third kappa shape index (κ3) is 3.40. The van der Waals surface area contributed by atoms with Crippen molar-refractivity contribution < 1.29 is 14.1 Å². The molecule has 0 spiro atoms. The highest BCUT2D eigenvalue weighted by Crippen LogP contribution is 2.37.